The zero-order valence-corrected chi connectivity index (χ0v) is 12.4. The summed E-state index contributed by atoms with van der Waals surface area (Å²) in [6.45, 7) is 4.06. The van der Waals surface area contributed by atoms with Crippen LogP contribution in [0.1, 0.15) is 20.3 Å². The van der Waals surface area contributed by atoms with E-state index in [1.807, 2.05) is 61.5 Å². The molecule has 2 rings (SSSR count). The van der Waals surface area contributed by atoms with Crippen LogP contribution < -0.4 is 4.74 Å². The third-order valence-electron chi connectivity index (χ3n) is 3.16. The maximum atomic E-state index is 11.9. The van der Waals surface area contributed by atoms with Crippen molar-refractivity contribution < 1.29 is 14.3 Å². The molecule has 0 spiro atoms. The topological polar surface area (TPSA) is 35.5 Å². The number of rotatable bonds is 6. The highest BCUT2D eigenvalue weighted by Gasteiger charge is 2.20. The SMILES string of the molecule is CCOC(=O)[C@@H](CC)Oc1ccccc1-c1ccccc1. The van der Waals surface area contributed by atoms with Gasteiger partial charge in [0.2, 0.25) is 0 Å². The van der Waals surface area contributed by atoms with Crippen LogP contribution in [0.5, 0.6) is 5.75 Å². The summed E-state index contributed by atoms with van der Waals surface area (Å²) in [5.41, 5.74) is 2.03. The van der Waals surface area contributed by atoms with Gasteiger partial charge in [0, 0.05) is 5.56 Å². The summed E-state index contributed by atoms with van der Waals surface area (Å²) in [6.07, 6.45) is -0.00286. The van der Waals surface area contributed by atoms with E-state index in [9.17, 15) is 4.79 Å². The van der Waals surface area contributed by atoms with Crippen LogP contribution >= 0.6 is 0 Å². The molecule has 0 N–H and O–H groups in total. The van der Waals surface area contributed by atoms with E-state index in [0.717, 1.165) is 11.1 Å². The van der Waals surface area contributed by atoms with Crippen LogP contribution in [0, 0.1) is 0 Å². The fourth-order valence-electron chi connectivity index (χ4n) is 2.11. The third kappa shape index (κ3) is 3.85. The average molecular weight is 284 g/mol. The van der Waals surface area contributed by atoms with Gasteiger partial charge in [-0.1, -0.05) is 55.5 Å². The molecule has 0 aromatic heterocycles. The average Bonchev–Trinajstić information content (AvgIpc) is 2.54. The molecule has 0 aliphatic carbocycles. The first-order valence-corrected chi connectivity index (χ1v) is 7.24. The minimum absolute atomic E-state index is 0.317. The molecule has 110 valence electrons. The van der Waals surface area contributed by atoms with Gasteiger partial charge in [-0.3, -0.25) is 0 Å². The molecule has 0 bridgehead atoms. The molecule has 2 aromatic rings. The van der Waals surface area contributed by atoms with Crippen molar-refractivity contribution in [2.24, 2.45) is 0 Å². The zero-order valence-electron chi connectivity index (χ0n) is 12.4. The quantitative estimate of drug-likeness (QED) is 0.750. The first-order chi connectivity index (χ1) is 10.3. The van der Waals surface area contributed by atoms with Gasteiger partial charge in [0.1, 0.15) is 5.75 Å². The van der Waals surface area contributed by atoms with E-state index in [0.29, 0.717) is 18.8 Å². The largest absolute Gasteiger partial charge is 0.478 e. The maximum Gasteiger partial charge on any atom is 0.347 e. The molecule has 0 fully saturated rings. The zero-order chi connectivity index (χ0) is 15.1. The van der Waals surface area contributed by atoms with E-state index in [-0.39, 0.29) is 5.97 Å². The van der Waals surface area contributed by atoms with Crippen molar-refractivity contribution in [3.63, 3.8) is 0 Å². The summed E-state index contributed by atoms with van der Waals surface area (Å²) in [4.78, 5) is 11.9. The van der Waals surface area contributed by atoms with Gasteiger partial charge in [0.05, 0.1) is 6.61 Å². The van der Waals surface area contributed by atoms with Gasteiger partial charge in [0.15, 0.2) is 6.10 Å². The van der Waals surface area contributed by atoms with Gasteiger partial charge in [-0.2, -0.15) is 0 Å². The highest BCUT2D eigenvalue weighted by Crippen LogP contribution is 2.30. The van der Waals surface area contributed by atoms with Crippen LogP contribution in [0.25, 0.3) is 11.1 Å². The molecule has 0 saturated heterocycles. The van der Waals surface area contributed by atoms with Crippen LogP contribution in [0.4, 0.5) is 0 Å². The third-order valence-corrected chi connectivity index (χ3v) is 3.16. The van der Waals surface area contributed by atoms with Crippen molar-refractivity contribution in [1.29, 1.82) is 0 Å². The Morgan fingerprint density at radius 3 is 2.33 bits per heavy atom. The minimum atomic E-state index is -0.574. The summed E-state index contributed by atoms with van der Waals surface area (Å²) in [7, 11) is 0. The van der Waals surface area contributed by atoms with Crippen molar-refractivity contribution in [3.8, 4) is 16.9 Å². The molecule has 0 saturated carbocycles. The number of para-hydroxylation sites is 1. The van der Waals surface area contributed by atoms with Crippen molar-refractivity contribution >= 4 is 5.97 Å². The van der Waals surface area contributed by atoms with Crippen LogP contribution in [-0.2, 0) is 9.53 Å². The number of hydrogen-bond acceptors (Lipinski definition) is 3. The lowest BCUT2D eigenvalue weighted by Gasteiger charge is -2.18. The van der Waals surface area contributed by atoms with Crippen LogP contribution in [0.2, 0.25) is 0 Å². The lowest BCUT2D eigenvalue weighted by atomic mass is 10.0. The predicted molar refractivity (Wildman–Crippen MR) is 83.2 cm³/mol. The highest BCUT2D eigenvalue weighted by atomic mass is 16.6. The molecular formula is C18H20O3. The van der Waals surface area contributed by atoms with E-state index < -0.39 is 6.10 Å². The molecule has 0 amide bonds. The van der Waals surface area contributed by atoms with Gasteiger partial charge >= 0.3 is 5.97 Å². The Hall–Kier alpha value is -2.29. The standard InChI is InChI=1S/C18H20O3/c1-3-16(18(19)20-4-2)21-17-13-9-8-12-15(17)14-10-6-5-7-11-14/h5-13,16H,3-4H2,1-2H3/t16-/m1/s1. The lowest BCUT2D eigenvalue weighted by molar-refractivity contribution is -0.151. The van der Waals surface area contributed by atoms with Gasteiger partial charge in [-0.25, -0.2) is 4.79 Å². The Bertz CT molecular complexity index is 578. The van der Waals surface area contributed by atoms with E-state index in [1.54, 1.807) is 6.92 Å². The maximum absolute atomic E-state index is 11.9. The lowest BCUT2D eigenvalue weighted by Crippen LogP contribution is -2.28. The molecule has 0 heterocycles. The number of carbonyl (C=O) groups is 1. The molecule has 0 unspecified atom stereocenters. The Kier molecular flexibility index (Phi) is 5.38. The van der Waals surface area contributed by atoms with Crippen LogP contribution in [-0.4, -0.2) is 18.7 Å². The fraction of sp³-hybridized carbons (Fsp3) is 0.278. The monoisotopic (exact) mass is 284 g/mol. The molecular weight excluding hydrogens is 264 g/mol. The van der Waals surface area contributed by atoms with E-state index in [2.05, 4.69) is 0 Å². The van der Waals surface area contributed by atoms with Crippen molar-refractivity contribution in [2.75, 3.05) is 6.61 Å². The molecule has 0 aliphatic rings. The Balaban J connectivity index is 2.26. The number of carbonyl (C=O) groups excluding carboxylic acids is 1. The highest BCUT2D eigenvalue weighted by molar-refractivity contribution is 5.76. The van der Waals surface area contributed by atoms with Gasteiger partial charge in [-0.15, -0.1) is 0 Å². The Morgan fingerprint density at radius 2 is 1.67 bits per heavy atom. The molecule has 1 atom stereocenters. The summed E-state index contributed by atoms with van der Waals surface area (Å²) in [5, 5.41) is 0. The van der Waals surface area contributed by atoms with Crippen molar-refractivity contribution in [3.05, 3.63) is 54.6 Å². The van der Waals surface area contributed by atoms with E-state index in [1.165, 1.54) is 0 Å². The molecule has 3 nitrogen and oxygen atoms in total. The molecule has 21 heavy (non-hydrogen) atoms. The van der Waals surface area contributed by atoms with E-state index in [4.69, 9.17) is 9.47 Å². The Morgan fingerprint density at radius 1 is 1.00 bits per heavy atom. The summed E-state index contributed by atoms with van der Waals surface area (Å²) in [5.74, 6) is 0.381. The number of ether oxygens (including phenoxy) is 2. The second-order valence-electron chi connectivity index (χ2n) is 4.63. The minimum Gasteiger partial charge on any atom is -0.478 e. The van der Waals surface area contributed by atoms with Crippen molar-refractivity contribution in [1.82, 2.24) is 0 Å². The molecule has 3 heteroatoms. The van der Waals surface area contributed by atoms with Crippen LogP contribution in [0.15, 0.2) is 54.6 Å². The summed E-state index contributed by atoms with van der Waals surface area (Å²) >= 11 is 0. The van der Waals surface area contributed by atoms with Gasteiger partial charge in [0.25, 0.3) is 0 Å². The molecule has 2 aromatic carbocycles. The summed E-state index contributed by atoms with van der Waals surface area (Å²) < 4.78 is 10.9. The Labute approximate surface area is 125 Å². The van der Waals surface area contributed by atoms with Crippen molar-refractivity contribution in [2.45, 2.75) is 26.4 Å². The first-order valence-electron chi connectivity index (χ1n) is 7.24. The summed E-state index contributed by atoms with van der Waals surface area (Å²) in [6, 6.07) is 17.7. The van der Waals surface area contributed by atoms with Gasteiger partial charge < -0.3 is 9.47 Å². The number of benzene rings is 2. The molecule has 0 aliphatic heterocycles. The fourth-order valence-corrected chi connectivity index (χ4v) is 2.11. The van der Waals surface area contributed by atoms with E-state index >= 15 is 0 Å². The number of esters is 1. The predicted octanol–water partition coefficient (Wildman–Crippen LogP) is 4.07. The number of hydrogen-bond donors (Lipinski definition) is 0. The first kappa shape index (κ1) is 15.1. The second-order valence-corrected chi connectivity index (χ2v) is 4.63. The molecule has 0 radical (unpaired) electrons. The second kappa shape index (κ2) is 7.48. The van der Waals surface area contributed by atoms with Crippen LogP contribution in [0.3, 0.4) is 0 Å². The smallest absolute Gasteiger partial charge is 0.347 e. The normalized spacial score (nSPS) is 11.7. The van der Waals surface area contributed by atoms with Gasteiger partial charge in [-0.05, 0) is 25.0 Å².